The summed E-state index contributed by atoms with van der Waals surface area (Å²) in [6.45, 7) is 10.3. The van der Waals surface area contributed by atoms with E-state index in [9.17, 15) is 4.79 Å². The number of rotatable bonds is 6. The first kappa shape index (κ1) is 16.4. The second-order valence-corrected chi connectivity index (χ2v) is 5.53. The van der Waals surface area contributed by atoms with Crippen molar-refractivity contribution in [3.8, 4) is 5.75 Å². The molecule has 1 N–H and O–H groups in total. The molecule has 0 spiro atoms. The summed E-state index contributed by atoms with van der Waals surface area (Å²) in [7, 11) is 0. The molecule has 1 aromatic carbocycles. The van der Waals surface area contributed by atoms with E-state index in [0.717, 1.165) is 30.0 Å². The lowest BCUT2D eigenvalue weighted by molar-refractivity contribution is 0.141. The Labute approximate surface area is 131 Å². The van der Waals surface area contributed by atoms with Gasteiger partial charge in [0.1, 0.15) is 11.9 Å². The van der Waals surface area contributed by atoms with E-state index < -0.39 is 0 Å². The number of nitrogens with zero attached hydrogens (tertiary/aromatic N) is 1. The minimum atomic E-state index is -0.122. The average Bonchev–Trinajstić information content (AvgIpc) is 2.99. The Morgan fingerprint density at radius 2 is 2.18 bits per heavy atom. The van der Waals surface area contributed by atoms with Crippen molar-refractivity contribution in [2.45, 2.75) is 26.4 Å². The molecule has 0 aliphatic carbocycles. The van der Waals surface area contributed by atoms with Crippen molar-refractivity contribution in [3.63, 3.8) is 0 Å². The van der Waals surface area contributed by atoms with Crippen LogP contribution in [-0.2, 0) is 4.74 Å². The van der Waals surface area contributed by atoms with Gasteiger partial charge in [-0.3, -0.25) is 0 Å². The molecule has 22 heavy (non-hydrogen) atoms. The van der Waals surface area contributed by atoms with Crippen molar-refractivity contribution in [2.75, 3.05) is 31.6 Å². The smallest absolute Gasteiger partial charge is 0.322 e. The highest BCUT2D eigenvalue weighted by molar-refractivity contribution is 5.89. The molecule has 1 aliphatic heterocycles. The maximum absolute atomic E-state index is 12.2. The van der Waals surface area contributed by atoms with E-state index in [1.165, 1.54) is 0 Å². The van der Waals surface area contributed by atoms with Gasteiger partial charge in [0.05, 0.1) is 13.2 Å². The lowest BCUT2D eigenvalue weighted by Crippen LogP contribution is -2.35. The normalized spacial score (nSPS) is 17.1. The van der Waals surface area contributed by atoms with Crippen LogP contribution in [0.25, 0.3) is 0 Å². The predicted octanol–water partition coefficient (Wildman–Crippen LogP) is 3.28. The Kier molecular flexibility index (Phi) is 5.83. The summed E-state index contributed by atoms with van der Waals surface area (Å²) >= 11 is 0. The van der Waals surface area contributed by atoms with Gasteiger partial charge in [-0.2, -0.15) is 0 Å². The topological polar surface area (TPSA) is 50.8 Å². The van der Waals surface area contributed by atoms with Crippen LogP contribution >= 0.6 is 0 Å². The van der Waals surface area contributed by atoms with Gasteiger partial charge < -0.3 is 19.7 Å². The number of nitrogens with one attached hydrogen (secondary N) is 1. The molecule has 0 saturated carbocycles. The van der Waals surface area contributed by atoms with Crippen LogP contribution in [0.2, 0.25) is 0 Å². The van der Waals surface area contributed by atoms with Gasteiger partial charge in [0, 0.05) is 25.2 Å². The SMILES string of the molecule is C=C(C)CN(CC)C(=O)Nc1ccc(OC2CCOC2)cc1. The molecule has 0 aromatic heterocycles. The molecule has 2 rings (SSSR count). The third kappa shape index (κ3) is 4.77. The van der Waals surface area contributed by atoms with Crippen molar-refractivity contribution >= 4 is 11.7 Å². The highest BCUT2D eigenvalue weighted by Gasteiger charge is 2.17. The highest BCUT2D eigenvalue weighted by Crippen LogP contribution is 2.20. The molecule has 1 fully saturated rings. The lowest BCUT2D eigenvalue weighted by Gasteiger charge is -2.21. The van der Waals surface area contributed by atoms with Gasteiger partial charge in [-0.25, -0.2) is 4.79 Å². The Balaban J connectivity index is 1.89. The van der Waals surface area contributed by atoms with E-state index in [-0.39, 0.29) is 12.1 Å². The van der Waals surface area contributed by atoms with Crippen LogP contribution in [-0.4, -0.2) is 43.3 Å². The molecule has 5 nitrogen and oxygen atoms in total. The molecule has 2 amide bonds. The zero-order valence-electron chi connectivity index (χ0n) is 13.3. The Bertz CT molecular complexity index is 507. The quantitative estimate of drug-likeness (QED) is 0.821. The number of hydrogen-bond acceptors (Lipinski definition) is 3. The van der Waals surface area contributed by atoms with Gasteiger partial charge in [-0.05, 0) is 38.1 Å². The fourth-order valence-corrected chi connectivity index (χ4v) is 2.27. The number of ether oxygens (including phenoxy) is 2. The van der Waals surface area contributed by atoms with Crippen molar-refractivity contribution in [3.05, 3.63) is 36.4 Å². The molecule has 1 aromatic rings. The number of benzene rings is 1. The molecule has 1 heterocycles. The first-order valence-corrected chi connectivity index (χ1v) is 7.63. The maximum atomic E-state index is 12.2. The van der Waals surface area contributed by atoms with Crippen LogP contribution in [0.1, 0.15) is 20.3 Å². The molecule has 5 heteroatoms. The molecule has 1 saturated heterocycles. The fraction of sp³-hybridized carbons (Fsp3) is 0.471. The summed E-state index contributed by atoms with van der Waals surface area (Å²) < 4.78 is 11.1. The summed E-state index contributed by atoms with van der Waals surface area (Å²) in [5.74, 6) is 0.794. The number of urea groups is 1. The summed E-state index contributed by atoms with van der Waals surface area (Å²) in [5.41, 5.74) is 1.71. The monoisotopic (exact) mass is 304 g/mol. The number of hydrogen-bond donors (Lipinski definition) is 1. The average molecular weight is 304 g/mol. The van der Waals surface area contributed by atoms with Crippen molar-refractivity contribution in [1.82, 2.24) is 4.90 Å². The number of carbonyl (C=O) groups is 1. The van der Waals surface area contributed by atoms with E-state index in [1.807, 2.05) is 38.1 Å². The van der Waals surface area contributed by atoms with Gasteiger partial charge in [-0.1, -0.05) is 12.2 Å². The van der Waals surface area contributed by atoms with Crippen molar-refractivity contribution in [1.29, 1.82) is 0 Å². The second kappa shape index (κ2) is 7.84. The molecule has 1 unspecified atom stereocenters. The molecular weight excluding hydrogens is 280 g/mol. The first-order chi connectivity index (χ1) is 10.6. The number of anilines is 1. The van der Waals surface area contributed by atoms with Gasteiger partial charge >= 0.3 is 6.03 Å². The van der Waals surface area contributed by atoms with E-state index in [4.69, 9.17) is 9.47 Å². The van der Waals surface area contributed by atoms with Gasteiger partial charge in [0.15, 0.2) is 0 Å². The summed E-state index contributed by atoms with van der Waals surface area (Å²) in [6.07, 6.45) is 1.05. The van der Waals surface area contributed by atoms with Crippen LogP contribution in [0.5, 0.6) is 5.75 Å². The van der Waals surface area contributed by atoms with Crippen LogP contribution in [0.3, 0.4) is 0 Å². The maximum Gasteiger partial charge on any atom is 0.322 e. The minimum Gasteiger partial charge on any atom is -0.488 e. The molecule has 1 atom stereocenters. The van der Waals surface area contributed by atoms with Gasteiger partial charge in [0.25, 0.3) is 0 Å². The lowest BCUT2D eigenvalue weighted by atomic mass is 10.2. The molecule has 1 aliphatic rings. The predicted molar refractivity (Wildman–Crippen MR) is 87.4 cm³/mol. The summed E-state index contributed by atoms with van der Waals surface area (Å²) in [4.78, 5) is 13.9. The standard InChI is InChI=1S/C17H24N2O3/c1-4-19(11-13(2)3)17(20)18-14-5-7-15(8-6-14)22-16-9-10-21-12-16/h5-8,16H,2,4,9-12H2,1,3H3,(H,18,20). The number of carbonyl (C=O) groups excluding carboxylic acids is 1. The van der Waals surface area contributed by atoms with E-state index >= 15 is 0 Å². The largest absolute Gasteiger partial charge is 0.488 e. The van der Waals surface area contributed by atoms with Crippen LogP contribution in [0.4, 0.5) is 10.5 Å². The van der Waals surface area contributed by atoms with Gasteiger partial charge in [0.2, 0.25) is 0 Å². The summed E-state index contributed by atoms with van der Waals surface area (Å²) in [5, 5.41) is 2.88. The zero-order chi connectivity index (χ0) is 15.9. The molecular formula is C17H24N2O3. The fourth-order valence-electron chi connectivity index (χ4n) is 2.27. The van der Waals surface area contributed by atoms with E-state index in [2.05, 4.69) is 11.9 Å². The van der Waals surface area contributed by atoms with Crippen LogP contribution in [0, 0.1) is 0 Å². The third-order valence-electron chi connectivity index (χ3n) is 3.43. The van der Waals surface area contributed by atoms with Crippen molar-refractivity contribution < 1.29 is 14.3 Å². The molecule has 120 valence electrons. The zero-order valence-corrected chi connectivity index (χ0v) is 13.3. The summed E-state index contributed by atoms with van der Waals surface area (Å²) in [6, 6.07) is 7.30. The Hall–Kier alpha value is -2.01. The Morgan fingerprint density at radius 1 is 1.45 bits per heavy atom. The Morgan fingerprint density at radius 3 is 2.73 bits per heavy atom. The number of amides is 2. The molecule has 0 radical (unpaired) electrons. The van der Waals surface area contributed by atoms with Crippen LogP contribution < -0.4 is 10.1 Å². The number of likely N-dealkylation sites (N-methyl/N-ethyl adjacent to an activating group) is 1. The van der Waals surface area contributed by atoms with Crippen molar-refractivity contribution in [2.24, 2.45) is 0 Å². The minimum absolute atomic E-state index is 0.122. The highest BCUT2D eigenvalue weighted by atomic mass is 16.5. The van der Waals surface area contributed by atoms with E-state index in [1.54, 1.807) is 4.90 Å². The van der Waals surface area contributed by atoms with Gasteiger partial charge in [-0.15, -0.1) is 0 Å². The first-order valence-electron chi connectivity index (χ1n) is 7.63. The van der Waals surface area contributed by atoms with E-state index in [0.29, 0.717) is 19.7 Å². The molecule has 0 bridgehead atoms. The van der Waals surface area contributed by atoms with Crippen LogP contribution in [0.15, 0.2) is 36.4 Å². The second-order valence-electron chi connectivity index (χ2n) is 5.53. The third-order valence-corrected chi connectivity index (χ3v) is 3.43.